The van der Waals surface area contributed by atoms with Crippen LogP contribution in [0.15, 0.2) is 53.3 Å². The number of para-hydroxylation sites is 1. The molecule has 3 heterocycles. The minimum Gasteiger partial charge on any atom is -0.491 e. The van der Waals surface area contributed by atoms with Crippen LogP contribution < -0.4 is 10.1 Å². The van der Waals surface area contributed by atoms with Crippen molar-refractivity contribution in [3.8, 4) is 5.75 Å². The third-order valence-corrected chi connectivity index (χ3v) is 4.01. The molecular weight excluding hydrogens is 330 g/mol. The van der Waals surface area contributed by atoms with Crippen LogP contribution in [0.1, 0.15) is 11.6 Å². The summed E-state index contributed by atoms with van der Waals surface area (Å²) in [4.78, 5) is 8.82. The van der Waals surface area contributed by atoms with E-state index in [4.69, 9.17) is 4.74 Å². The van der Waals surface area contributed by atoms with Crippen LogP contribution in [-0.4, -0.2) is 16.6 Å². The fourth-order valence-electron chi connectivity index (χ4n) is 2.59. The lowest BCUT2D eigenvalue weighted by molar-refractivity contribution is 0.340. The first kappa shape index (κ1) is 12.6. The van der Waals surface area contributed by atoms with Gasteiger partial charge in [-0.1, -0.05) is 18.2 Å². The molecule has 1 N–H and O–H groups in total. The summed E-state index contributed by atoms with van der Waals surface area (Å²) in [5, 5.41) is 3.52. The Morgan fingerprint density at radius 2 is 2.10 bits per heavy atom. The molecule has 3 aromatic rings. The molecule has 0 aliphatic carbocycles. The van der Waals surface area contributed by atoms with Crippen molar-refractivity contribution < 1.29 is 4.74 Å². The second-order valence-corrected chi connectivity index (χ2v) is 5.84. The van der Waals surface area contributed by atoms with E-state index in [1.807, 2.05) is 30.3 Å². The lowest BCUT2D eigenvalue weighted by Crippen LogP contribution is -2.12. The number of benzene rings is 1. The van der Waals surface area contributed by atoms with E-state index in [2.05, 4.69) is 37.3 Å². The Bertz CT molecular complexity index is 821. The number of pyridine rings is 2. The molecule has 2 aromatic heterocycles. The number of hydrogen-bond acceptors (Lipinski definition) is 4. The van der Waals surface area contributed by atoms with Crippen LogP contribution in [0.5, 0.6) is 5.75 Å². The summed E-state index contributed by atoms with van der Waals surface area (Å²) in [6.07, 6.45) is 3.58. The number of aromatic nitrogens is 2. The van der Waals surface area contributed by atoms with Crippen molar-refractivity contribution in [1.82, 2.24) is 9.97 Å². The molecule has 21 heavy (non-hydrogen) atoms. The van der Waals surface area contributed by atoms with E-state index in [1.165, 1.54) is 5.56 Å². The average Bonchev–Trinajstić information content (AvgIpc) is 2.91. The SMILES string of the molecule is Brc1cnc2c(NC3COc4ccccc43)ccnc2c1. The first-order valence-corrected chi connectivity index (χ1v) is 7.49. The zero-order valence-electron chi connectivity index (χ0n) is 11.1. The lowest BCUT2D eigenvalue weighted by atomic mass is 10.1. The summed E-state index contributed by atoms with van der Waals surface area (Å²) in [6, 6.07) is 12.2. The van der Waals surface area contributed by atoms with Crippen LogP contribution in [0.4, 0.5) is 5.69 Å². The third kappa shape index (κ3) is 2.23. The van der Waals surface area contributed by atoms with E-state index in [-0.39, 0.29) is 6.04 Å². The van der Waals surface area contributed by atoms with Crippen LogP contribution in [0.25, 0.3) is 11.0 Å². The molecule has 1 aliphatic rings. The fourth-order valence-corrected chi connectivity index (χ4v) is 2.91. The number of fused-ring (bicyclic) bond motifs is 2. The molecule has 4 nitrogen and oxygen atoms in total. The van der Waals surface area contributed by atoms with Crippen molar-refractivity contribution in [3.63, 3.8) is 0 Å². The Balaban J connectivity index is 1.73. The van der Waals surface area contributed by atoms with Gasteiger partial charge in [-0.3, -0.25) is 9.97 Å². The molecule has 0 amide bonds. The molecule has 1 atom stereocenters. The standard InChI is InChI=1S/C16H12BrN3O/c17-10-7-13-16(19-8-10)12(5-6-18-13)20-14-9-21-15-4-2-1-3-11(14)15/h1-8,14H,9H2,(H,18,20). The first-order chi connectivity index (χ1) is 10.3. The highest BCUT2D eigenvalue weighted by atomic mass is 79.9. The van der Waals surface area contributed by atoms with E-state index in [1.54, 1.807) is 12.4 Å². The smallest absolute Gasteiger partial charge is 0.124 e. The Hall–Kier alpha value is -2.14. The second-order valence-electron chi connectivity index (χ2n) is 4.93. The van der Waals surface area contributed by atoms with Crippen molar-refractivity contribution in [2.24, 2.45) is 0 Å². The first-order valence-electron chi connectivity index (χ1n) is 6.70. The molecule has 0 bridgehead atoms. The van der Waals surface area contributed by atoms with Crippen LogP contribution in [0, 0.1) is 0 Å². The normalized spacial score (nSPS) is 16.5. The maximum atomic E-state index is 5.71. The van der Waals surface area contributed by atoms with E-state index >= 15 is 0 Å². The molecule has 0 saturated heterocycles. The Kier molecular flexibility index (Phi) is 3.00. The summed E-state index contributed by atoms with van der Waals surface area (Å²) >= 11 is 3.42. The number of rotatable bonds is 2. The second kappa shape index (κ2) is 5.00. The maximum Gasteiger partial charge on any atom is 0.124 e. The monoisotopic (exact) mass is 341 g/mol. The van der Waals surface area contributed by atoms with Crippen LogP contribution >= 0.6 is 15.9 Å². The number of ether oxygens (including phenoxy) is 1. The fraction of sp³-hybridized carbons (Fsp3) is 0.125. The van der Waals surface area contributed by atoms with Crippen molar-refractivity contribution in [3.05, 3.63) is 58.8 Å². The highest BCUT2D eigenvalue weighted by molar-refractivity contribution is 9.10. The van der Waals surface area contributed by atoms with E-state index in [0.29, 0.717) is 6.61 Å². The van der Waals surface area contributed by atoms with E-state index in [9.17, 15) is 0 Å². The Morgan fingerprint density at radius 3 is 3.05 bits per heavy atom. The largest absolute Gasteiger partial charge is 0.491 e. The van der Waals surface area contributed by atoms with Gasteiger partial charge in [0.2, 0.25) is 0 Å². The molecule has 1 unspecified atom stereocenters. The zero-order chi connectivity index (χ0) is 14.2. The lowest BCUT2D eigenvalue weighted by Gasteiger charge is -2.14. The van der Waals surface area contributed by atoms with Gasteiger partial charge < -0.3 is 10.1 Å². The molecule has 0 saturated carbocycles. The van der Waals surface area contributed by atoms with Crippen molar-refractivity contribution in [2.75, 3.05) is 11.9 Å². The predicted molar refractivity (Wildman–Crippen MR) is 85.5 cm³/mol. The maximum absolute atomic E-state index is 5.71. The number of halogens is 1. The highest BCUT2D eigenvalue weighted by Crippen LogP contribution is 2.35. The van der Waals surface area contributed by atoms with Crippen molar-refractivity contribution in [2.45, 2.75) is 6.04 Å². The van der Waals surface area contributed by atoms with Crippen LogP contribution in [-0.2, 0) is 0 Å². The molecule has 1 aromatic carbocycles. The quantitative estimate of drug-likeness (QED) is 0.766. The van der Waals surface area contributed by atoms with Crippen molar-refractivity contribution in [1.29, 1.82) is 0 Å². The van der Waals surface area contributed by atoms with Gasteiger partial charge in [0.25, 0.3) is 0 Å². The molecule has 0 fully saturated rings. The predicted octanol–water partition coefficient (Wildman–Crippen LogP) is 3.94. The summed E-state index contributed by atoms with van der Waals surface area (Å²) in [5.74, 6) is 0.948. The molecule has 5 heteroatoms. The van der Waals surface area contributed by atoms with E-state index in [0.717, 1.165) is 26.9 Å². The van der Waals surface area contributed by atoms with E-state index < -0.39 is 0 Å². The number of anilines is 1. The molecule has 104 valence electrons. The van der Waals surface area contributed by atoms with Gasteiger partial charge in [0.05, 0.1) is 17.2 Å². The minimum absolute atomic E-state index is 0.136. The van der Waals surface area contributed by atoms with Gasteiger partial charge in [0, 0.05) is 22.4 Å². The summed E-state index contributed by atoms with van der Waals surface area (Å²) in [5.41, 5.74) is 3.88. The van der Waals surface area contributed by atoms with Gasteiger partial charge in [-0.2, -0.15) is 0 Å². The average molecular weight is 342 g/mol. The minimum atomic E-state index is 0.136. The van der Waals surface area contributed by atoms with Gasteiger partial charge in [-0.25, -0.2) is 0 Å². The van der Waals surface area contributed by atoms with Gasteiger partial charge >= 0.3 is 0 Å². The van der Waals surface area contributed by atoms with Gasteiger partial charge in [0.1, 0.15) is 17.9 Å². The van der Waals surface area contributed by atoms with Gasteiger partial charge in [-0.05, 0) is 34.1 Å². The Morgan fingerprint density at radius 1 is 1.19 bits per heavy atom. The zero-order valence-corrected chi connectivity index (χ0v) is 12.7. The summed E-state index contributed by atoms with van der Waals surface area (Å²) < 4.78 is 6.63. The van der Waals surface area contributed by atoms with Gasteiger partial charge in [-0.15, -0.1) is 0 Å². The Labute approximate surface area is 130 Å². The number of nitrogens with one attached hydrogen (secondary N) is 1. The third-order valence-electron chi connectivity index (χ3n) is 3.57. The molecular formula is C16H12BrN3O. The number of hydrogen-bond donors (Lipinski definition) is 1. The topological polar surface area (TPSA) is 47.0 Å². The molecule has 0 radical (unpaired) electrons. The highest BCUT2D eigenvalue weighted by Gasteiger charge is 2.24. The molecule has 4 rings (SSSR count). The summed E-state index contributed by atoms with van der Waals surface area (Å²) in [7, 11) is 0. The molecule has 1 aliphatic heterocycles. The van der Waals surface area contributed by atoms with Gasteiger partial charge in [0.15, 0.2) is 0 Å². The molecule has 0 spiro atoms. The van der Waals surface area contributed by atoms with Crippen LogP contribution in [0.2, 0.25) is 0 Å². The van der Waals surface area contributed by atoms with Crippen molar-refractivity contribution >= 4 is 32.7 Å². The number of nitrogens with zero attached hydrogens (tertiary/aromatic N) is 2. The van der Waals surface area contributed by atoms with Crippen LogP contribution in [0.3, 0.4) is 0 Å². The summed E-state index contributed by atoms with van der Waals surface area (Å²) in [6.45, 7) is 0.625.